The van der Waals surface area contributed by atoms with E-state index in [4.69, 9.17) is 19.5 Å². The zero-order valence-corrected chi connectivity index (χ0v) is 17.4. The van der Waals surface area contributed by atoms with Crippen molar-refractivity contribution < 1.29 is 18.3 Å². The van der Waals surface area contributed by atoms with E-state index < -0.39 is 13.3 Å². The number of hydrogen-bond acceptors (Lipinski definition) is 7. The third-order valence-corrected chi connectivity index (χ3v) is 6.05. The first-order valence-electron chi connectivity index (χ1n) is 9.15. The van der Waals surface area contributed by atoms with Crippen molar-refractivity contribution in [3.63, 3.8) is 0 Å². The number of nitrogens with two attached hydrogens (primary N) is 1. The summed E-state index contributed by atoms with van der Waals surface area (Å²) in [5.74, 6) is 0.198. The first kappa shape index (κ1) is 21.8. The Hall–Kier alpha value is -1.47. The molecule has 0 aliphatic heterocycles. The predicted octanol–water partition coefficient (Wildman–Crippen LogP) is 3.18. The lowest BCUT2D eigenvalue weighted by atomic mass is 9.86. The summed E-state index contributed by atoms with van der Waals surface area (Å²) >= 11 is 0. The van der Waals surface area contributed by atoms with Crippen LogP contribution in [0.2, 0.25) is 0 Å². The number of rotatable bonds is 10. The van der Waals surface area contributed by atoms with E-state index in [-0.39, 0.29) is 29.8 Å². The van der Waals surface area contributed by atoms with Gasteiger partial charge in [0.15, 0.2) is 0 Å². The summed E-state index contributed by atoms with van der Waals surface area (Å²) in [5, 5.41) is 0. The van der Waals surface area contributed by atoms with Crippen LogP contribution in [-0.4, -0.2) is 34.7 Å². The predicted molar refractivity (Wildman–Crippen MR) is 105 cm³/mol. The lowest BCUT2D eigenvalue weighted by Crippen LogP contribution is -2.35. The van der Waals surface area contributed by atoms with Crippen LogP contribution in [0.1, 0.15) is 40.5 Å². The Morgan fingerprint density at radius 1 is 1.22 bits per heavy atom. The fourth-order valence-electron chi connectivity index (χ4n) is 3.07. The van der Waals surface area contributed by atoms with Gasteiger partial charge in [-0.15, -0.1) is 0 Å². The summed E-state index contributed by atoms with van der Waals surface area (Å²) in [6.07, 6.45) is 6.68. The molecule has 2 N–H and O–H groups in total. The van der Waals surface area contributed by atoms with Gasteiger partial charge in [-0.1, -0.05) is 12.2 Å². The maximum Gasteiger partial charge on any atom is 0.356 e. The van der Waals surface area contributed by atoms with Gasteiger partial charge < -0.3 is 19.5 Å². The Bertz CT molecular complexity index is 738. The molecule has 0 aromatic carbocycles. The summed E-state index contributed by atoms with van der Waals surface area (Å²) in [7, 11) is -3.36. The van der Waals surface area contributed by atoms with E-state index >= 15 is 0 Å². The molecule has 8 nitrogen and oxygen atoms in total. The van der Waals surface area contributed by atoms with Crippen LogP contribution in [0.5, 0.6) is 0 Å². The van der Waals surface area contributed by atoms with E-state index in [0.717, 1.165) is 12.8 Å². The Kier molecular flexibility index (Phi) is 7.40. The monoisotopic (exact) mass is 399 g/mol. The van der Waals surface area contributed by atoms with Gasteiger partial charge >= 0.3 is 13.3 Å². The Labute approximate surface area is 160 Å². The fourth-order valence-corrected chi connectivity index (χ4v) is 4.84. The number of allylic oxidation sites excluding steroid dienone is 2. The molecule has 1 aliphatic carbocycles. The van der Waals surface area contributed by atoms with E-state index in [2.05, 4.69) is 17.1 Å². The largest absolute Gasteiger partial charge is 0.383 e. The molecule has 0 amide bonds. The minimum absolute atomic E-state index is 0.125. The molecule has 0 saturated carbocycles. The molecule has 152 valence electrons. The highest BCUT2D eigenvalue weighted by Crippen LogP contribution is 2.51. The second-order valence-corrected chi connectivity index (χ2v) is 9.44. The van der Waals surface area contributed by atoms with Crippen LogP contribution in [0.25, 0.3) is 0 Å². The van der Waals surface area contributed by atoms with Crippen LogP contribution >= 0.6 is 7.60 Å². The molecule has 1 aromatic rings. The summed E-state index contributed by atoms with van der Waals surface area (Å²) < 4.78 is 31.3. The summed E-state index contributed by atoms with van der Waals surface area (Å²) in [6.45, 7) is 7.98. The van der Waals surface area contributed by atoms with E-state index in [0.29, 0.717) is 13.2 Å². The van der Waals surface area contributed by atoms with E-state index in [1.165, 1.54) is 4.57 Å². The maximum absolute atomic E-state index is 12.9. The Morgan fingerprint density at radius 2 is 1.81 bits per heavy atom. The molecule has 0 bridgehead atoms. The van der Waals surface area contributed by atoms with Crippen LogP contribution in [0.15, 0.2) is 29.2 Å². The number of aromatic nitrogens is 2. The third-order valence-electron chi connectivity index (χ3n) is 4.07. The normalized spacial score (nSPS) is 16.5. The fraction of sp³-hybridized carbons (Fsp3) is 0.667. The average Bonchev–Trinajstić information content (AvgIpc) is 2.97. The van der Waals surface area contributed by atoms with Crippen molar-refractivity contribution >= 4 is 13.4 Å². The van der Waals surface area contributed by atoms with Crippen molar-refractivity contribution in [1.82, 2.24) is 9.55 Å². The standard InChI is InChI=1S/C18H30N3O5P/c1-14(2)25-27(23,26-15(3)4)13-24-12-18(8-5-6-9-18)11-21-10-7-16(19)20-17(21)22/h5-7,10,14-15H,8-9,11-13H2,1-4H3,(H2,19,20,22). The summed E-state index contributed by atoms with van der Waals surface area (Å²) in [4.78, 5) is 15.8. The van der Waals surface area contributed by atoms with Gasteiger partial charge in [0.25, 0.3) is 0 Å². The third kappa shape index (κ3) is 6.57. The van der Waals surface area contributed by atoms with Gasteiger partial charge in [-0.2, -0.15) is 4.98 Å². The number of anilines is 1. The first-order chi connectivity index (χ1) is 12.6. The van der Waals surface area contributed by atoms with Gasteiger partial charge in [-0.05, 0) is 46.6 Å². The SMILES string of the molecule is CC(C)OP(=O)(COCC1(Cn2ccc(N)nc2=O)CC=CC1)OC(C)C. The van der Waals surface area contributed by atoms with Gasteiger partial charge in [-0.3, -0.25) is 9.13 Å². The Balaban J connectivity index is 2.05. The molecule has 0 spiro atoms. The second-order valence-electron chi connectivity index (χ2n) is 7.54. The first-order valence-corrected chi connectivity index (χ1v) is 10.9. The van der Waals surface area contributed by atoms with Crippen molar-refractivity contribution in [2.45, 2.75) is 59.3 Å². The van der Waals surface area contributed by atoms with Gasteiger partial charge in [0.2, 0.25) is 0 Å². The van der Waals surface area contributed by atoms with E-state index in [1.807, 2.05) is 0 Å². The second kappa shape index (κ2) is 9.15. The highest BCUT2D eigenvalue weighted by molar-refractivity contribution is 7.53. The lowest BCUT2D eigenvalue weighted by molar-refractivity contribution is 0.0418. The van der Waals surface area contributed by atoms with Gasteiger partial charge in [0.05, 0.1) is 18.8 Å². The van der Waals surface area contributed by atoms with E-state index in [9.17, 15) is 9.36 Å². The van der Waals surface area contributed by atoms with Crippen LogP contribution < -0.4 is 11.4 Å². The molecule has 1 aromatic heterocycles. The number of hydrogen-bond donors (Lipinski definition) is 1. The molecule has 1 aliphatic rings. The zero-order chi connectivity index (χ0) is 20.1. The van der Waals surface area contributed by atoms with Gasteiger partial charge in [0.1, 0.15) is 12.2 Å². The molecule has 1 heterocycles. The lowest BCUT2D eigenvalue weighted by Gasteiger charge is -2.30. The summed E-state index contributed by atoms with van der Waals surface area (Å²) in [5.41, 5.74) is 4.86. The van der Waals surface area contributed by atoms with Gasteiger partial charge in [-0.25, -0.2) is 4.79 Å². The van der Waals surface area contributed by atoms with Crippen molar-refractivity contribution in [2.24, 2.45) is 5.41 Å². The molecule has 9 heteroatoms. The molecular formula is C18H30N3O5P. The molecule has 0 saturated heterocycles. The number of ether oxygens (including phenoxy) is 1. The zero-order valence-electron chi connectivity index (χ0n) is 16.5. The molecule has 0 fully saturated rings. The van der Waals surface area contributed by atoms with Crippen LogP contribution in [0.4, 0.5) is 5.82 Å². The van der Waals surface area contributed by atoms with Crippen LogP contribution in [0, 0.1) is 5.41 Å². The summed E-state index contributed by atoms with van der Waals surface area (Å²) in [6, 6.07) is 1.60. The van der Waals surface area contributed by atoms with Crippen molar-refractivity contribution in [3.05, 3.63) is 34.9 Å². The van der Waals surface area contributed by atoms with Crippen LogP contribution in [-0.2, 0) is 24.9 Å². The van der Waals surface area contributed by atoms with Gasteiger partial charge in [0, 0.05) is 18.2 Å². The van der Waals surface area contributed by atoms with E-state index in [1.54, 1.807) is 40.0 Å². The average molecular weight is 399 g/mol. The molecule has 27 heavy (non-hydrogen) atoms. The number of nitrogens with zero attached hydrogens (tertiary/aromatic N) is 2. The quantitative estimate of drug-likeness (QED) is 0.476. The van der Waals surface area contributed by atoms with Crippen molar-refractivity contribution in [3.8, 4) is 0 Å². The molecule has 2 rings (SSSR count). The molecule has 0 atom stereocenters. The smallest absolute Gasteiger partial charge is 0.356 e. The van der Waals surface area contributed by atoms with Crippen LogP contribution in [0.3, 0.4) is 0 Å². The maximum atomic E-state index is 12.9. The van der Waals surface area contributed by atoms with Crippen molar-refractivity contribution in [1.29, 1.82) is 0 Å². The molecule has 0 unspecified atom stereocenters. The van der Waals surface area contributed by atoms with Crippen molar-refractivity contribution in [2.75, 3.05) is 18.7 Å². The molecule has 0 radical (unpaired) electrons. The Morgan fingerprint density at radius 3 is 2.33 bits per heavy atom. The highest BCUT2D eigenvalue weighted by Gasteiger charge is 2.35. The topological polar surface area (TPSA) is 106 Å². The molecular weight excluding hydrogens is 369 g/mol. The minimum atomic E-state index is -3.36. The highest BCUT2D eigenvalue weighted by atomic mass is 31.2. The number of nitrogen functional groups attached to an aromatic ring is 1. The minimum Gasteiger partial charge on any atom is -0.383 e.